The van der Waals surface area contributed by atoms with E-state index < -0.39 is 0 Å². The molecule has 5 heteroatoms. The number of benzene rings is 3. The molecule has 0 aliphatic carbocycles. The molecule has 0 fully saturated rings. The van der Waals surface area contributed by atoms with Crippen molar-refractivity contribution in [1.82, 2.24) is 9.97 Å². The Kier molecular flexibility index (Phi) is 4.96. The van der Waals surface area contributed by atoms with Gasteiger partial charge in [-0.25, -0.2) is 9.97 Å². The Labute approximate surface area is 169 Å². The Morgan fingerprint density at radius 1 is 0.897 bits per heavy atom. The van der Waals surface area contributed by atoms with Crippen molar-refractivity contribution in [2.24, 2.45) is 0 Å². The number of carbonyl (C=O) groups is 1. The molecule has 0 radical (unpaired) electrons. The zero-order chi connectivity index (χ0) is 20.4. The van der Waals surface area contributed by atoms with E-state index in [1.807, 2.05) is 86.6 Å². The summed E-state index contributed by atoms with van der Waals surface area (Å²) in [4.78, 5) is 23.9. The van der Waals surface area contributed by atoms with Crippen molar-refractivity contribution in [3.05, 3.63) is 77.9 Å². The summed E-state index contributed by atoms with van der Waals surface area (Å²) in [7, 11) is 3.99. The van der Waals surface area contributed by atoms with Crippen LogP contribution in [0.25, 0.3) is 28.1 Å². The first-order valence-corrected chi connectivity index (χ1v) is 9.43. The molecule has 0 bridgehead atoms. The molecule has 1 heterocycles. The van der Waals surface area contributed by atoms with E-state index >= 15 is 0 Å². The monoisotopic (exact) mass is 382 g/mol. The fourth-order valence-corrected chi connectivity index (χ4v) is 3.14. The maximum atomic E-state index is 12.4. The van der Waals surface area contributed by atoms with Crippen LogP contribution in [0.15, 0.2) is 66.7 Å². The average Bonchev–Trinajstić information content (AvgIpc) is 2.72. The van der Waals surface area contributed by atoms with Crippen LogP contribution in [-0.2, 0) is 4.79 Å². The number of fused-ring (bicyclic) bond motifs is 2. The predicted octanol–water partition coefficient (Wildman–Crippen LogP) is 4.81. The Balaban J connectivity index is 1.65. The van der Waals surface area contributed by atoms with Crippen LogP contribution in [0.1, 0.15) is 11.1 Å². The van der Waals surface area contributed by atoms with E-state index in [0.29, 0.717) is 0 Å². The normalized spacial score (nSPS) is 11.3. The van der Waals surface area contributed by atoms with Gasteiger partial charge in [-0.2, -0.15) is 0 Å². The first-order valence-electron chi connectivity index (χ1n) is 9.43. The SMILES string of the molecule is Cc1cc2nc3ccc(N(C)C)cc3nc2cc1NC(=O)/C=C/c1ccccc1. The first kappa shape index (κ1) is 18.6. The van der Waals surface area contributed by atoms with Gasteiger partial charge in [0.25, 0.3) is 0 Å². The minimum absolute atomic E-state index is 0.181. The van der Waals surface area contributed by atoms with E-state index in [1.165, 1.54) is 6.08 Å². The van der Waals surface area contributed by atoms with Gasteiger partial charge in [-0.1, -0.05) is 30.3 Å². The van der Waals surface area contributed by atoms with Gasteiger partial charge in [-0.05, 0) is 54.5 Å². The van der Waals surface area contributed by atoms with Crippen molar-refractivity contribution in [1.29, 1.82) is 0 Å². The molecule has 0 saturated heterocycles. The van der Waals surface area contributed by atoms with Crippen molar-refractivity contribution in [3.8, 4) is 0 Å². The van der Waals surface area contributed by atoms with E-state index in [2.05, 4.69) is 5.32 Å². The number of hydrogen-bond acceptors (Lipinski definition) is 4. The molecule has 29 heavy (non-hydrogen) atoms. The molecule has 0 saturated carbocycles. The molecular weight excluding hydrogens is 360 g/mol. The largest absolute Gasteiger partial charge is 0.378 e. The molecule has 5 nitrogen and oxygen atoms in total. The summed E-state index contributed by atoms with van der Waals surface area (Å²) in [5, 5.41) is 2.95. The topological polar surface area (TPSA) is 58.1 Å². The molecule has 1 N–H and O–H groups in total. The van der Waals surface area contributed by atoms with Gasteiger partial charge in [0.1, 0.15) is 0 Å². The van der Waals surface area contributed by atoms with Gasteiger partial charge in [0.05, 0.1) is 22.1 Å². The van der Waals surface area contributed by atoms with Crippen molar-refractivity contribution in [3.63, 3.8) is 0 Å². The van der Waals surface area contributed by atoms with Gasteiger partial charge >= 0.3 is 0 Å². The summed E-state index contributed by atoms with van der Waals surface area (Å²) in [6.45, 7) is 1.96. The summed E-state index contributed by atoms with van der Waals surface area (Å²) < 4.78 is 0. The lowest BCUT2D eigenvalue weighted by atomic mass is 10.1. The molecule has 0 aliphatic rings. The molecule has 0 atom stereocenters. The number of aromatic nitrogens is 2. The Hall–Kier alpha value is -3.73. The summed E-state index contributed by atoms with van der Waals surface area (Å²) in [6, 6.07) is 19.6. The molecule has 4 aromatic rings. The number of amides is 1. The average molecular weight is 382 g/mol. The minimum atomic E-state index is -0.181. The molecule has 144 valence electrons. The van der Waals surface area contributed by atoms with Crippen LogP contribution < -0.4 is 10.2 Å². The van der Waals surface area contributed by atoms with Crippen LogP contribution in [0.2, 0.25) is 0 Å². The Bertz CT molecular complexity index is 1230. The van der Waals surface area contributed by atoms with Crippen LogP contribution in [0, 0.1) is 6.92 Å². The lowest BCUT2D eigenvalue weighted by Gasteiger charge is -2.13. The molecular formula is C24H22N4O. The summed E-state index contributed by atoms with van der Waals surface area (Å²) >= 11 is 0. The van der Waals surface area contributed by atoms with Crippen molar-refractivity contribution < 1.29 is 4.79 Å². The number of nitrogens with one attached hydrogen (secondary N) is 1. The molecule has 1 amide bonds. The molecule has 1 aromatic heterocycles. The highest BCUT2D eigenvalue weighted by molar-refractivity contribution is 6.03. The summed E-state index contributed by atoms with van der Waals surface area (Å²) in [6.07, 6.45) is 3.33. The number of aryl methyl sites for hydroxylation is 1. The Morgan fingerprint density at radius 2 is 1.59 bits per heavy atom. The van der Waals surface area contributed by atoms with Gasteiger partial charge in [0.15, 0.2) is 0 Å². The zero-order valence-electron chi connectivity index (χ0n) is 16.7. The first-order chi connectivity index (χ1) is 14.0. The van der Waals surface area contributed by atoms with Crippen LogP contribution in [0.3, 0.4) is 0 Å². The fraction of sp³-hybridized carbons (Fsp3) is 0.125. The highest BCUT2D eigenvalue weighted by Gasteiger charge is 2.09. The Morgan fingerprint density at radius 3 is 2.34 bits per heavy atom. The highest BCUT2D eigenvalue weighted by Crippen LogP contribution is 2.25. The minimum Gasteiger partial charge on any atom is -0.378 e. The second kappa shape index (κ2) is 7.72. The second-order valence-corrected chi connectivity index (χ2v) is 7.18. The van der Waals surface area contributed by atoms with E-state index in [4.69, 9.17) is 9.97 Å². The fourth-order valence-electron chi connectivity index (χ4n) is 3.14. The van der Waals surface area contributed by atoms with E-state index in [1.54, 1.807) is 6.08 Å². The quantitative estimate of drug-likeness (QED) is 0.406. The lowest BCUT2D eigenvalue weighted by molar-refractivity contribution is -0.111. The maximum absolute atomic E-state index is 12.4. The standard InChI is InChI=1S/C24H22N4O/c1-16-13-21-23(26-22-14-18(28(2)3)10-11-19(22)25-21)15-20(16)27-24(29)12-9-17-7-5-4-6-8-17/h4-15H,1-3H3,(H,27,29)/b12-9+. The van der Waals surface area contributed by atoms with E-state index in [-0.39, 0.29) is 5.91 Å². The number of anilines is 2. The van der Waals surface area contributed by atoms with Crippen LogP contribution in [0.5, 0.6) is 0 Å². The maximum Gasteiger partial charge on any atom is 0.248 e. The highest BCUT2D eigenvalue weighted by atomic mass is 16.1. The van der Waals surface area contributed by atoms with Gasteiger partial charge in [0, 0.05) is 31.5 Å². The lowest BCUT2D eigenvalue weighted by Crippen LogP contribution is -2.09. The van der Waals surface area contributed by atoms with Crippen molar-refractivity contribution >= 4 is 45.4 Å². The number of nitrogens with zero attached hydrogens (tertiary/aromatic N) is 3. The smallest absolute Gasteiger partial charge is 0.248 e. The zero-order valence-corrected chi connectivity index (χ0v) is 16.7. The third-order valence-electron chi connectivity index (χ3n) is 4.76. The van der Waals surface area contributed by atoms with Crippen LogP contribution in [0.4, 0.5) is 11.4 Å². The number of hydrogen-bond donors (Lipinski definition) is 1. The van der Waals surface area contributed by atoms with E-state index in [9.17, 15) is 4.79 Å². The molecule has 3 aromatic carbocycles. The summed E-state index contributed by atoms with van der Waals surface area (Å²) in [5.74, 6) is -0.181. The van der Waals surface area contributed by atoms with Crippen LogP contribution in [-0.4, -0.2) is 30.0 Å². The van der Waals surface area contributed by atoms with Gasteiger partial charge in [0.2, 0.25) is 5.91 Å². The molecule has 0 spiro atoms. The predicted molar refractivity (Wildman–Crippen MR) is 120 cm³/mol. The second-order valence-electron chi connectivity index (χ2n) is 7.18. The van der Waals surface area contributed by atoms with Crippen molar-refractivity contribution in [2.75, 3.05) is 24.3 Å². The van der Waals surface area contributed by atoms with Crippen molar-refractivity contribution in [2.45, 2.75) is 6.92 Å². The molecule has 0 aliphatic heterocycles. The van der Waals surface area contributed by atoms with Crippen LogP contribution >= 0.6 is 0 Å². The summed E-state index contributed by atoms with van der Waals surface area (Å²) in [5.41, 5.74) is 6.96. The number of rotatable bonds is 4. The third-order valence-corrected chi connectivity index (χ3v) is 4.76. The third kappa shape index (κ3) is 4.09. The van der Waals surface area contributed by atoms with Gasteiger partial charge in [-0.3, -0.25) is 4.79 Å². The number of carbonyl (C=O) groups excluding carboxylic acids is 1. The molecule has 4 rings (SSSR count). The van der Waals surface area contributed by atoms with Gasteiger partial charge in [-0.15, -0.1) is 0 Å². The molecule has 0 unspecified atom stereocenters. The van der Waals surface area contributed by atoms with Gasteiger partial charge < -0.3 is 10.2 Å². The van der Waals surface area contributed by atoms with E-state index in [0.717, 1.165) is 44.6 Å².